The summed E-state index contributed by atoms with van der Waals surface area (Å²) in [6.45, 7) is 6.74. The van der Waals surface area contributed by atoms with E-state index in [1.54, 1.807) is 0 Å². The van der Waals surface area contributed by atoms with Crippen molar-refractivity contribution in [2.24, 2.45) is 0 Å². The van der Waals surface area contributed by atoms with Crippen LogP contribution in [0.1, 0.15) is 27.9 Å². The lowest BCUT2D eigenvalue weighted by molar-refractivity contribution is 0.240. The van der Waals surface area contributed by atoms with E-state index in [2.05, 4.69) is 41.9 Å². The van der Waals surface area contributed by atoms with Crippen LogP contribution in [0.15, 0.2) is 47.3 Å². The van der Waals surface area contributed by atoms with Crippen molar-refractivity contribution >= 4 is 5.69 Å². The maximum Gasteiger partial charge on any atom is 0.254 e. The summed E-state index contributed by atoms with van der Waals surface area (Å²) in [5, 5.41) is 0. The number of H-pyrrole nitrogens is 1. The van der Waals surface area contributed by atoms with E-state index in [1.807, 2.05) is 24.3 Å². The van der Waals surface area contributed by atoms with Gasteiger partial charge < -0.3 is 10.7 Å². The van der Waals surface area contributed by atoms with Crippen LogP contribution in [-0.2, 0) is 19.5 Å². The van der Waals surface area contributed by atoms with E-state index < -0.39 is 0 Å². The van der Waals surface area contributed by atoms with Gasteiger partial charge in [-0.25, -0.2) is 4.98 Å². The van der Waals surface area contributed by atoms with Crippen LogP contribution in [-0.4, -0.2) is 21.4 Å². The molecule has 3 N–H and O–H groups in total. The molecule has 1 aliphatic heterocycles. The Hall–Kier alpha value is -2.92. The lowest BCUT2D eigenvalue weighted by Gasteiger charge is -2.28. The molecule has 0 radical (unpaired) electrons. The minimum Gasteiger partial charge on any atom is -0.399 e. The molecule has 5 nitrogen and oxygen atoms in total. The minimum atomic E-state index is -0.0294. The first-order valence-corrected chi connectivity index (χ1v) is 9.26. The summed E-state index contributed by atoms with van der Waals surface area (Å²) in [6.07, 6.45) is 0.727. The molecule has 0 fully saturated rings. The summed E-state index contributed by atoms with van der Waals surface area (Å²) in [6, 6.07) is 13.8. The smallest absolute Gasteiger partial charge is 0.254 e. The molecule has 1 aromatic heterocycles. The number of nitrogens with zero attached hydrogens (tertiary/aromatic N) is 2. The fourth-order valence-electron chi connectivity index (χ4n) is 3.63. The second kappa shape index (κ2) is 7.00. The van der Waals surface area contributed by atoms with Crippen LogP contribution in [0.4, 0.5) is 5.69 Å². The number of rotatable bonds is 3. The average Bonchev–Trinajstić information content (AvgIpc) is 2.66. The van der Waals surface area contributed by atoms with Gasteiger partial charge >= 0.3 is 0 Å². The highest BCUT2D eigenvalue weighted by molar-refractivity contribution is 5.58. The van der Waals surface area contributed by atoms with Crippen molar-refractivity contribution in [1.82, 2.24) is 14.9 Å². The van der Waals surface area contributed by atoms with Gasteiger partial charge in [0.05, 0.1) is 5.69 Å². The zero-order valence-corrected chi connectivity index (χ0v) is 15.7. The maximum absolute atomic E-state index is 12.5. The highest BCUT2D eigenvalue weighted by Gasteiger charge is 2.22. The monoisotopic (exact) mass is 360 g/mol. The van der Waals surface area contributed by atoms with E-state index in [0.29, 0.717) is 18.1 Å². The number of benzene rings is 2. The van der Waals surface area contributed by atoms with Gasteiger partial charge in [-0.2, -0.15) is 0 Å². The van der Waals surface area contributed by atoms with Gasteiger partial charge in [-0.3, -0.25) is 9.69 Å². The van der Waals surface area contributed by atoms with E-state index in [9.17, 15) is 4.79 Å². The predicted octanol–water partition coefficient (Wildman–Crippen LogP) is 3.19. The summed E-state index contributed by atoms with van der Waals surface area (Å²) in [5.74, 6) is 0.604. The molecule has 0 spiro atoms. The molecule has 2 heterocycles. The summed E-state index contributed by atoms with van der Waals surface area (Å²) in [5.41, 5.74) is 13.0. The molecular weight excluding hydrogens is 336 g/mol. The first-order valence-electron chi connectivity index (χ1n) is 9.26. The fraction of sp³-hybridized carbons (Fsp3) is 0.273. The number of hydrogen-bond acceptors (Lipinski definition) is 4. The number of nitrogens with one attached hydrogen (secondary N) is 1. The quantitative estimate of drug-likeness (QED) is 0.704. The van der Waals surface area contributed by atoms with E-state index in [4.69, 9.17) is 10.7 Å². The van der Waals surface area contributed by atoms with Gasteiger partial charge in [-0.05, 0) is 61.2 Å². The van der Waals surface area contributed by atoms with Gasteiger partial charge in [0.2, 0.25) is 0 Å². The van der Waals surface area contributed by atoms with Crippen LogP contribution >= 0.6 is 0 Å². The Balaban J connectivity index is 1.62. The van der Waals surface area contributed by atoms with Crippen molar-refractivity contribution in [2.75, 3.05) is 12.3 Å². The van der Waals surface area contributed by atoms with E-state index in [0.717, 1.165) is 36.3 Å². The SMILES string of the molecule is Cc1cccc(CN2CCc3c(nc(-c4ccc(N)cc4)[nH]c3=O)C2)c1C. The first kappa shape index (κ1) is 17.5. The summed E-state index contributed by atoms with van der Waals surface area (Å²) >= 11 is 0. The normalized spacial score (nSPS) is 14.1. The van der Waals surface area contributed by atoms with Gasteiger partial charge in [0.1, 0.15) is 5.82 Å². The van der Waals surface area contributed by atoms with Crippen molar-refractivity contribution < 1.29 is 0 Å². The Kier molecular flexibility index (Phi) is 4.54. The number of aromatic nitrogens is 2. The van der Waals surface area contributed by atoms with Crippen LogP contribution in [0, 0.1) is 13.8 Å². The number of nitrogen functional groups attached to an aromatic ring is 1. The molecule has 5 heteroatoms. The Labute approximate surface area is 158 Å². The molecule has 0 unspecified atom stereocenters. The molecule has 2 aromatic carbocycles. The van der Waals surface area contributed by atoms with Gasteiger partial charge in [-0.1, -0.05) is 18.2 Å². The van der Waals surface area contributed by atoms with Crippen molar-refractivity contribution in [1.29, 1.82) is 0 Å². The minimum absolute atomic E-state index is 0.0294. The lowest BCUT2D eigenvalue weighted by Crippen LogP contribution is -2.35. The topological polar surface area (TPSA) is 75.0 Å². The number of nitrogens with two attached hydrogens (primary N) is 1. The van der Waals surface area contributed by atoms with Crippen molar-refractivity contribution in [3.05, 3.63) is 80.8 Å². The third kappa shape index (κ3) is 3.51. The number of anilines is 1. The molecule has 0 amide bonds. The first-order chi connectivity index (χ1) is 13.0. The second-order valence-corrected chi connectivity index (χ2v) is 7.28. The molecular formula is C22H24N4O. The van der Waals surface area contributed by atoms with E-state index >= 15 is 0 Å². The third-order valence-electron chi connectivity index (χ3n) is 5.45. The molecule has 0 bridgehead atoms. The van der Waals surface area contributed by atoms with Crippen molar-refractivity contribution in [2.45, 2.75) is 33.4 Å². The standard InChI is InChI=1S/C22H24N4O/c1-14-4-3-5-17(15(14)2)12-26-11-10-19-20(13-26)24-21(25-22(19)27)16-6-8-18(23)9-7-16/h3-9H,10-13,23H2,1-2H3,(H,24,25,27). The van der Waals surface area contributed by atoms with Gasteiger partial charge in [-0.15, -0.1) is 0 Å². The Morgan fingerprint density at radius 3 is 2.70 bits per heavy atom. The van der Waals surface area contributed by atoms with Gasteiger partial charge in [0.25, 0.3) is 5.56 Å². The van der Waals surface area contributed by atoms with Crippen LogP contribution in [0.2, 0.25) is 0 Å². The van der Waals surface area contributed by atoms with Crippen LogP contribution in [0.3, 0.4) is 0 Å². The van der Waals surface area contributed by atoms with Gasteiger partial charge in [0.15, 0.2) is 0 Å². The molecule has 27 heavy (non-hydrogen) atoms. The number of aromatic amines is 1. The molecule has 0 aliphatic carbocycles. The highest BCUT2D eigenvalue weighted by atomic mass is 16.1. The summed E-state index contributed by atoms with van der Waals surface area (Å²) in [4.78, 5) is 22.6. The molecule has 0 atom stereocenters. The van der Waals surface area contributed by atoms with Crippen LogP contribution in [0.25, 0.3) is 11.4 Å². The largest absolute Gasteiger partial charge is 0.399 e. The van der Waals surface area contributed by atoms with Crippen LogP contribution < -0.4 is 11.3 Å². The van der Waals surface area contributed by atoms with Gasteiger partial charge in [0, 0.05) is 36.4 Å². The lowest BCUT2D eigenvalue weighted by atomic mass is 10.0. The maximum atomic E-state index is 12.5. The van der Waals surface area contributed by atoms with Crippen molar-refractivity contribution in [3.63, 3.8) is 0 Å². The Bertz CT molecular complexity index is 1040. The zero-order valence-electron chi connectivity index (χ0n) is 15.7. The average molecular weight is 360 g/mol. The zero-order chi connectivity index (χ0) is 19.0. The number of hydrogen-bond donors (Lipinski definition) is 2. The molecule has 1 aliphatic rings. The predicted molar refractivity (Wildman–Crippen MR) is 108 cm³/mol. The number of fused-ring (bicyclic) bond motifs is 1. The second-order valence-electron chi connectivity index (χ2n) is 7.28. The molecule has 0 saturated carbocycles. The van der Waals surface area contributed by atoms with Crippen LogP contribution in [0.5, 0.6) is 0 Å². The van der Waals surface area contributed by atoms with E-state index in [1.165, 1.54) is 16.7 Å². The third-order valence-corrected chi connectivity index (χ3v) is 5.45. The Morgan fingerprint density at radius 1 is 1.15 bits per heavy atom. The molecule has 3 aromatic rings. The summed E-state index contributed by atoms with van der Waals surface area (Å²) < 4.78 is 0. The summed E-state index contributed by atoms with van der Waals surface area (Å²) in [7, 11) is 0. The molecule has 138 valence electrons. The molecule has 0 saturated heterocycles. The van der Waals surface area contributed by atoms with E-state index in [-0.39, 0.29) is 5.56 Å². The highest BCUT2D eigenvalue weighted by Crippen LogP contribution is 2.22. The Morgan fingerprint density at radius 2 is 1.93 bits per heavy atom. The van der Waals surface area contributed by atoms with Crippen molar-refractivity contribution in [3.8, 4) is 11.4 Å². The molecule has 4 rings (SSSR count). The fourth-order valence-corrected chi connectivity index (χ4v) is 3.63. The number of aryl methyl sites for hydroxylation is 1.